The molecule has 0 atom stereocenters. The highest BCUT2D eigenvalue weighted by molar-refractivity contribution is 5.91. The quantitative estimate of drug-likeness (QED) is 0.682. The van der Waals surface area contributed by atoms with Crippen molar-refractivity contribution in [1.82, 2.24) is 19.9 Å². The van der Waals surface area contributed by atoms with Gasteiger partial charge in [0.25, 0.3) is 11.5 Å². The maximum Gasteiger partial charge on any atom is 0.269 e. The summed E-state index contributed by atoms with van der Waals surface area (Å²) < 4.78 is 0. The summed E-state index contributed by atoms with van der Waals surface area (Å²) in [6, 6.07) is 7.69. The number of carbonyl (C=O) groups excluding carboxylic acids is 1. The fourth-order valence-electron chi connectivity index (χ4n) is 4.01. The van der Waals surface area contributed by atoms with Crippen molar-refractivity contribution in [3.8, 4) is 0 Å². The van der Waals surface area contributed by atoms with Gasteiger partial charge in [0.1, 0.15) is 11.4 Å². The molecule has 30 heavy (non-hydrogen) atoms. The van der Waals surface area contributed by atoms with Crippen molar-refractivity contribution in [2.75, 3.05) is 31.1 Å². The van der Waals surface area contributed by atoms with E-state index in [0.717, 1.165) is 60.7 Å². The summed E-state index contributed by atoms with van der Waals surface area (Å²) in [5.41, 5.74) is 11.7. The molecule has 4 rings (SSSR count). The molecule has 0 saturated carbocycles. The standard InChI is InChI=1S/C22H26N6O2/c1-13-16(4-5-17-20(13)26-22(30)15(3)25-17)12-27-8-10-28(11-9-27)19-7-6-18(21(23)29)24-14(19)2/h4-7H,8-12H2,1-3H3,(H2,23,29)(H,26,30). The number of pyridine rings is 1. The lowest BCUT2D eigenvalue weighted by molar-refractivity contribution is 0.0995. The van der Waals surface area contributed by atoms with Crippen molar-refractivity contribution in [1.29, 1.82) is 0 Å². The third-order valence-electron chi connectivity index (χ3n) is 5.83. The van der Waals surface area contributed by atoms with Crippen molar-refractivity contribution < 1.29 is 4.79 Å². The number of nitrogens with two attached hydrogens (primary N) is 1. The second kappa shape index (κ2) is 7.87. The van der Waals surface area contributed by atoms with Gasteiger partial charge in [0.05, 0.1) is 22.4 Å². The molecule has 8 nitrogen and oxygen atoms in total. The van der Waals surface area contributed by atoms with E-state index in [1.807, 2.05) is 26.0 Å². The molecule has 1 aliphatic rings. The number of H-pyrrole nitrogens is 1. The summed E-state index contributed by atoms with van der Waals surface area (Å²) in [5, 5.41) is 0. The van der Waals surface area contributed by atoms with Gasteiger partial charge in [-0.1, -0.05) is 6.07 Å². The van der Waals surface area contributed by atoms with Gasteiger partial charge < -0.3 is 15.6 Å². The Morgan fingerprint density at radius 3 is 2.43 bits per heavy atom. The SMILES string of the molecule is Cc1nc(C(N)=O)ccc1N1CCN(Cc2ccc3nc(C)c(=O)[nH]c3c2C)CC1. The molecule has 2 aromatic heterocycles. The number of aromatic amines is 1. The molecule has 1 saturated heterocycles. The number of nitrogens with one attached hydrogen (secondary N) is 1. The van der Waals surface area contributed by atoms with E-state index in [0.29, 0.717) is 11.4 Å². The highest BCUT2D eigenvalue weighted by Gasteiger charge is 2.20. The molecule has 3 N–H and O–H groups in total. The average Bonchev–Trinajstić information content (AvgIpc) is 2.72. The van der Waals surface area contributed by atoms with Crippen LogP contribution in [0.25, 0.3) is 11.0 Å². The molecule has 0 bridgehead atoms. The van der Waals surface area contributed by atoms with Gasteiger partial charge in [-0.2, -0.15) is 0 Å². The molecular weight excluding hydrogens is 380 g/mol. The summed E-state index contributed by atoms with van der Waals surface area (Å²) >= 11 is 0. The van der Waals surface area contributed by atoms with Crippen LogP contribution >= 0.6 is 0 Å². The lowest BCUT2D eigenvalue weighted by Crippen LogP contribution is -2.46. The Morgan fingerprint density at radius 2 is 1.77 bits per heavy atom. The van der Waals surface area contributed by atoms with Gasteiger partial charge in [-0.15, -0.1) is 0 Å². The molecular formula is C22H26N6O2. The monoisotopic (exact) mass is 406 g/mol. The first-order valence-electron chi connectivity index (χ1n) is 10.1. The molecule has 156 valence electrons. The van der Waals surface area contributed by atoms with Crippen LogP contribution in [0.2, 0.25) is 0 Å². The Kier molecular flexibility index (Phi) is 5.26. The number of primary amides is 1. The molecule has 3 aromatic rings. The van der Waals surface area contributed by atoms with Gasteiger partial charge in [0.2, 0.25) is 0 Å². The molecule has 8 heteroatoms. The summed E-state index contributed by atoms with van der Waals surface area (Å²) in [5.74, 6) is -0.507. The normalized spacial score (nSPS) is 15.0. The third kappa shape index (κ3) is 3.78. The number of anilines is 1. The number of nitrogens with zero attached hydrogens (tertiary/aromatic N) is 4. The minimum Gasteiger partial charge on any atom is -0.368 e. The van der Waals surface area contributed by atoms with Gasteiger partial charge in [-0.3, -0.25) is 14.5 Å². The zero-order chi connectivity index (χ0) is 21.4. The van der Waals surface area contributed by atoms with E-state index in [9.17, 15) is 9.59 Å². The molecule has 1 aromatic carbocycles. The molecule has 3 heterocycles. The van der Waals surface area contributed by atoms with Crippen LogP contribution in [0.15, 0.2) is 29.1 Å². The predicted octanol–water partition coefficient (Wildman–Crippen LogP) is 1.66. The fourth-order valence-corrected chi connectivity index (χ4v) is 4.01. The van der Waals surface area contributed by atoms with Crippen LogP contribution in [-0.2, 0) is 6.54 Å². The van der Waals surface area contributed by atoms with E-state index in [-0.39, 0.29) is 5.56 Å². The summed E-state index contributed by atoms with van der Waals surface area (Å²) in [6.07, 6.45) is 0. The Bertz CT molecular complexity index is 1180. The Labute approximate surface area is 174 Å². The number of rotatable bonds is 4. The molecule has 0 spiro atoms. The Morgan fingerprint density at radius 1 is 1.03 bits per heavy atom. The second-order valence-corrected chi connectivity index (χ2v) is 7.82. The number of aromatic nitrogens is 3. The Hall–Kier alpha value is -3.26. The highest BCUT2D eigenvalue weighted by atomic mass is 16.1. The first kappa shape index (κ1) is 20.0. The zero-order valence-corrected chi connectivity index (χ0v) is 17.5. The molecule has 1 aliphatic heterocycles. The van der Waals surface area contributed by atoms with Crippen molar-refractivity contribution in [2.24, 2.45) is 5.73 Å². The maximum atomic E-state index is 12.0. The average molecular weight is 406 g/mol. The van der Waals surface area contributed by atoms with Crippen LogP contribution in [0.3, 0.4) is 0 Å². The smallest absolute Gasteiger partial charge is 0.269 e. The number of benzene rings is 1. The molecule has 1 amide bonds. The number of fused-ring (bicyclic) bond motifs is 1. The topological polar surface area (TPSA) is 108 Å². The number of hydrogen-bond donors (Lipinski definition) is 2. The van der Waals surface area contributed by atoms with Gasteiger partial charge in [0.15, 0.2) is 0 Å². The fraction of sp³-hybridized carbons (Fsp3) is 0.364. The lowest BCUT2D eigenvalue weighted by atomic mass is 10.1. The largest absolute Gasteiger partial charge is 0.368 e. The zero-order valence-electron chi connectivity index (χ0n) is 17.5. The number of amides is 1. The Balaban J connectivity index is 1.46. The number of carbonyl (C=O) groups is 1. The van der Waals surface area contributed by atoms with Crippen LogP contribution in [-0.4, -0.2) is 51.9 Å². The van der Waals surface area contributed by atoms with E-state index >= 15 is 0 Å². The van der Waals surface area contributed by atoms with E-state index in [4.69, 9.17) is 5.73 Å². The van der Waals surface area contributed by atoms with Crippen molar-refractivity contribution >= 4 is 22.6 Å². The number of hydrogen-bond acceptors (Lipinski definition) is 6. The first-order valence-corrected chi connectivity index (χ1v) is 10.1. The van der Waals surface area contributed by atoms with Crippen LogP contribution in [0.1, 0.15) is 33.0 Å². The second-order valence-electron chi connectivity index (χ2n) is 7.82. The summed E-state index contributed by atoms with van der Waals surface area (Å²) in [7, 11) is 0. The van der Waals surface area contributed by atoms with E-state index in [1.54, 1.807) is 13.0 Å². The van der Waals surface area contributed by atoms with Crippen molar-refractivity contribution in [3.63, 3.8) is 0 Å². The van der Waals surface area contributed by atoms with Gasteiger partial charge >= 0.3 is 0 Å². The summed E-state index contributed by atoms with van der Waals surface area (Å²) in [6.45, 7) is 10.1. The molecule has 0 aliphatic carbocycles. The molecule has 1 fully saturated rings. The van der Waals surface area contributed by atoms with E-state index in [1.165, 1.54) is 5.56 Å². The number of aryl methyl sites for hydroxylation is 3. The van der Waals surface area contributed by atoms with Crippen LogP contribution < -0.4 is 16.2 Å². The number of piperazine rings is 1. The minimum absolute atomic E-state index is 0.136. The third-order valence-corrected chi connectivity index (χ3v) is 5.83. The lowest BCUT2D eigenvalue weighted by Gasteiger charge is -2.36. The molecule has 0 unspecified atom stereocenters. The van der Waals surface area contributed by atoms with Crippen LogP contribution in [0.5, 0.6) is 0 Å². The minimum atomic E-state index is -0.507. The van der Waals surface area contributed by atoms with Gasteiger partial charge in [-0.05, 0) is 50.1 Å². The van der Waals surface area contributed by atoms with Crippen LogP contribution in [0.4, 0.5) is 5.69 Å². The molecule has 0 radical (unpaired) electrons. The van der Waals surface area contributed by atoms with Crippen molar-refractivity contribution in [2.45, 2.75) is 27.3 Å². The maximum absolute atomic E-state index is 12.0. The van der Waals surface area contributed by atoms with Crippen LogP contribution in [0, 0.1) is 20.8 Å². The van der Waals surface area contributed by atoms with Gasteiger partial charge in [-0.25, -0.2) is 9.97 Å². The van der Waals surface area contributed by atoms with E-state index < -0.39 is 5.91 Å². The van der Waals surface area contributed by atoms with Gasteiger partial charge in [0, 0.05) is 32.7 Å². The highest BCUT2D eigenvalue weighted by Crippen LogP contribution is 2.23. The summed E-state index contributed by atoms with van der Waals surface area (Å²) in [4.78, 5) is 39.7. The van der Waals surface area contributed by atoms with Crippen molar-refractivity contribution in [3.05, 3.63) is 62.8 Å². The van der Waals surface area contributed by atoms with E-state index in [2.05, 4.69) is 30.8 Å². The first-order chi connectivity index (χ1) is 14.3. The predicted molar refractivity (Wildman–Crippen MR) is 117 cm³/mol.